The third-order valence-corrected chi connectivity index (χ3v) is 7.50. The van der Waals surface area contributed by atoms with Gasteiger partial charge < -0.3 is 9.84 Å². The number of nitrogens with zero attached hydrogens (tertiary/aromatic N) is 3. The van der Waals surface area contributed by atoms with E-state index in [1.54, 1.807) is 23.1 Å². The van der Waals surface area contributed by atoms with E-state index >= 15 is 0 Å². The van der Waals surface area contributed by atoms with Crippen LogP contribution in [0, 0.1) is 6.92 Å². The summed E-state index contributed by atoms with van der Waals surface area (Å²) in [5.74, 6) is 1.08. The number of thiocarbonyl (C=S) groups is 1. The number of thioether (sulfide) groups is 1. The summed E-state index contributed by atoms with van der Waals surface area (Å²) in [5.41, 5.74) is 5.16. The Morgan fingerprint density at radius 3 is 2.64 bits per heavy atom. The normalized spacial score (nSPS) is 16.3. The van der Waals surface area contributed by atoms with Crippen LogP contribution in [0.25, 0.3) is 16.3 Å². The number of hydrogen-bond acceptors (Lipinski definition) is 6. The van der Waals surface area contributed by atoms with Crippen LogP contribution in [0.3, 0.4) is 0 Å². The number of thiophene rings is 1. The van der Waals surface area contributed by atoms with Crippen molar-refractivity contribution in [2.24, 2.45) is 0 Å². The van der Waals surface area contributed by atoms with Crippen molar-refractivity contribution < 1.29 is 4.52 Å². The summed E-state index contributed by atoms with van der Waals surface area (Å²) in [6.45, 7) is 4.14. The van der Waals surface area contributed by atoms with Gasteiger partial charge in [-0.15, -0.1) is 23.1 Å². The lowest BCUT2D eigenvalue weighted by Crippen LogP contribution is -2.46. The van der Waals surface area contributed by atoms with E-state index in [-0.39, 0.29) is 6.04 Å². The molecule has 33 heavy (non-hydrogen) atoms. The van der Waals surface area contributed by atoms with Crippen molar-refractivity contribution in [2.75, 3.05) is 11.2 Å². The molecular formula is C25H22N4OS3. The van der Waals surface area contributed by atoms with E-state index in [1.165, 1.54) is 10.5 Å². The predicted octanol–water partition coefficient (Wildman–Crippen LogP) is 6.70. The molecule has 0 radical (unpaired) electrons. The van der Waals surface area contributed by atoms with Crippen LogP contribution >= 0.6 is 35.3 Å². The molecule has 0 saturated carbocycles. The minimum Gasteiger partial charge on any atom is -0.351 e. The molecule has 0 saturated heterocycles. The van der Waals surface area contributed by atoms with E-state index in [2.05, 4.69) is 73.0 Å². The lowest BCUT2D eigenvalue weighted by molar-refractivity contribution is 0.404. The quantitative estimate of drug-likeness (QED) is 0.247. The fourth-order valence-electron chi connectivity index (χ4n) is 3.93. The highest BCUT2D eigenvalue weighted by atomic mass is 32.2. The zero-order valence-corrected chi connectivity index (χ0v) is 20.9. The topological polar surface area (TPSA) is 54.2 Å². The maximum Gasteiger partial charge on any atom is 0.258 e. The summed E-state index contributed by atoms with van der Waals surface area (Å²) in [5, 5.41) is 10.4. The largest absolute Gasteiger partial charge is 0.351 e. The molecule has 0 spiro atoms. The second-order valence-corrected chi connectivity index (χ2v) is 9.94. The molecule has 1 atom stereocenters. The molecule has 1 N–H and O–H groups in total. The first-order valence-corrected chi connectivity index (χ1v) is 13.0. The second-order valence-electron chi connectivity index (χ2n) is 7.73. The molecule has 2 aromatic heterocycles. The predicted molar refractivity (Wildman–Crippen MR) is 141 cm³/mol. The molecule has 3 heterocycles. The van der Waals surface area contributed by atoms with Crippen LogP contribution in [0.15, 0.2) is 81.2 Å². The molecule has 1 aliphatic rings. The molecule has 5 rings (SSSR count). The van der Waals surface area contributed by atoms with Gasteiger partial charge in [-0.2, -0.15) is 4.98 Å². The zero-order chi connectivity index (χ0) is 22.9. The molecular weight excluding hydrogens is 469 g/mol. The molecule has 2 aromatic carbocycles. The number of aryl methyl sites for hydroxylation is 1. The lowest BCUT2D eigenvalue weighted by Gasteiger charge is -2.37. The molecule has 1 aliphatic heterocycles. The van der Waals surface area contributed by atoms with Crippen LogP contribution in [0.5, 0.6) is 0 Å². The Bertz CT molecular complexity index is 1330. The standard InChI is InChI=1S/C25H22N4OS3/c1-15-9-11-17(12-10-15)22-21(24-27-23(28-30-24)20-8-5-13-33-20)16(2)29(25(31)26-22)18-6-4-7-19(14-18)32-3/h4-14,22H,1-3H3,(H,26,31). The van der Waals surface area contributed by atoms with Gasteiger partial charge in [0.05, 0.1) is 16.5 Å². The van der Waals surface area contributed by atoms with E-state index in [0.29, 0.717) is 16.8 Å². The van der Waals surface area contributed by atoms with Gasteiger partial charge in [-0.25, -0.2) is 0 Å². The van der Waals surface area contributed by atoms with Crippen molar-refractivity contribution in [1.82, 2.24) is 15.5 Å². The van der Waals surface area contributed by atoms with Crippen LogP contribution in [0.1, 0.15) is 30.0 Å². The molecule has 0 bridgehead atoms. The Morgan fingerprint density at radius 1 is 1.09 bits per heavy atom. The van der Waals surface area contributed by atoms with Gasteiger partial charge in [0.25, 0.3) is 5.89 Å². The number of benzene rings is 2. The fraction of sp³-hybridized carbons (Fsp3) is 0.160. The van der Waals surface area contributed by atoms with Gasteiger partial charge in [-0.05, 0) is 67.5 Å². The summed E-state index contributed by atoms with van der Waals surface area (Å²) in [4.78, 5) is 8.95. The average molecular weight is 491 g/mol. The molecule has 4 aromatic rings. The molecule has 0 amide bonds. The SMILES string of the molecule is CSc1cccc(N2C(=S)NC(c3ccc(C)cc3)C(c3nc(-c4cccs4)no3)=C2C)c1. The van der Waals surface area contributed by atoms with Crippen molar-refractivity contribution in [3.8, 4) is 10.7 Å². The van der Waals surface area contributed by atoms with Gasteiger partial charge in [-0.1, -0.05) is 47.1 Å². The summed E-state index contributed by atoms with van der Waals surface area (Å²) in [7, 11) is 0. The number of hydrogen-bond donors (Lipinski definition) is 1. The Balaban J connectivity index is 1.66. The number of rotatable bonds is 5. The van der Waals surface area contributed by atoms with Gasteiger partial charge in [-0.3, -0.25) is 4.90 Å². The summed E-state index contributed by atoms with van der Waals surface area (Å²) >= 11 is 9.14. The van der Waals surface area contributed by atoms with E-state index in [4.69, 9.17) is 21.7 Å². The van der Waals surface area contributed by atoms with Crippen LogP contribution in [-0.4, -0.2) is 21.5 Å². The molecule has 166 valence electrons. The molecule has 0 fully saturated rings. The average Bonchev–Trinajstić information content (AvgIpc) is 3.52. The van der Waals surface area contributed by atoms with E-state index in [9.17, 15) is 0 Å². The van der Waals surface area contributed by atoms with Crippen LogP contribution in [0.2, 0.25) is 0 Å². The highest BCUT2D eigenvalue weighted by Crippen LogP contribution is 2.40. The summed E-state index contributed by atoms with van der Waals surface area (Å²) in [6, 6.07) is 20.5. The van der Waals surface area contributed by atoms with E-state index < -0.39 is 0 Å². The van der Waals surface area contributed by atoms with Crippen molar-refractivity contribution in [3.05, 3.63) is 88.8 Å². The van der Waals surface area contributed by atoms with E-state index in [0.717, 1.165) is 27.4 Å². The van der Waals surface area contributed by atoms with Crippen molar-refractivity contribution in [3.63, 3.8) is 0 Å². The van der Waals surface area contributed by atoms with Gasteiger partial charge in [0, 0.05) is 16.3 Å². The Hall–Kier alpha value is -2.94. The van der Waals surface area contributed by atoms with Gasteiger partial charge in [0.15, 0.2) is 5.11 Å². The lowest BCUT2D eigenvalue weighted by atomic mass is 9.94. The third-order valence-electron chi connectivity index (χ3n) is 5.60. The first kappa shape index (κ1) is 21.9. The fourth-order valence-corrected chi connectivity index (χ4v) is 5.39. The van der Waals surface area contributed by atoms with Crippen molar-refractivity contribution >= 4 is 51.7 Å². The highest BCUT2D eigenvalue weighted by Gasteiger charge is 2.34. The third kappa shape index (κ3) is 4.21. The molecule has 1 unspecified atom stereocenters. The highest BCUT2D eigenvalue weighted by molar-refractivity contribution is 7.98. The number of anilines is 1. The Kier molecular flexibility index (Phi) is 6.05. The summed E-state index contributed by atoms with van der Waals surface area (Å²) in [6.07, 6.45) is 2.07. The van der Waals surface area contributed by atoms with E-state index in [1.807, 2.05) is 28.5 Å². The Labute approximate surface area is 206 Å². The van der Waals surface area contributed by atoms with Gasteiger partial charge in [0.1, 0.15) is 0 Å². The number of allylic oxidation sites excluding steroid dienone is 1. The molecule has 0 aliphatic carbocycles. The summed E-state index contributed by atoms with van der Waals surface area (Å²) < 4.78 is 5.81. The molecule has 8 heteroatoms. The Morgan fingerprint density at radius 2 is 1.91 bits per heavy atom. The maximum absolute atomic E-state index is 5.85. The number of aromatic nitrogens is 2. The van der Waals surface area contributed by atoms with Crippen molar-refractivity contribution in [1.29, 1.82) is 0 Å². The maximum atomic E-state index is 5.85. The van der Waals surface area contributed by atoms with Gasteiger partial charge in [0.2, 0.25) is 5.82 Å². The smallest absolute Gasteiger partial charge is 0.258 e. The number of nitrogens with one attached hydrogen (secondary N) is 1. The van der Waals surface area contributed by atoms with Crippen LogP contribution in [0.4, 0.5) is 5.69 Å². The van der Waals surface area contributed by atoms with Gasteiger partial charge >= 0.3 is 0 Å². The second kappa shape index (κ2) is 9.13. The first-order valence-electron chi connectivity index (χ1n) is 10.4. The zero-order valence-electron chi connectivity index (χ0n) is 18.4. The van der Waals surface area contributed by atoms with Crippen molar-refractivity contribution in [2.45, 2.75) is 24.8 Å². The van der Waals surface area contributed by atoms with Crippen LogP contribution < -0.4 is 10.2 Å². The van der Waals surface area contributed by atoms with Crippen LogP contribution in [-0.2, 0) is 0 Å². The first-order chi connectivity index (χ1) is 16.0. The minimum absolute atomic E-state index is 0.199. The monoisotopic (exact) mass is 490 g/mol. The minimum atomic E-state index is -0.199. The molecule has 5 nitrogen and oxygen atoms in total.